The van der Waals surface area contributed by atoms with Gasteiger partial charge in [-0.1, -0.05) is 36.7 Å². The van der Waals surface area contributed by atoms with E-state index in [9.17, 15) is 9.59 Å². The van der Waals surface area contributed by atoms with Gasteiger partial charge in [0.25, 0.3) is 0 Å². The number of hydrogen-bond donors (Lipinski definition) is 1. The van der Waals surface area contributed by atoms with Crippen LogP contribution in [0.5, 0.6) is 0 Å². The molecule has 0 unspecified atom stereocenters. The van der Waals surface area contributed by atoms with E-state index in [-0.39, 0.29) is 24.9 Å². The van der Waals surface area contributed by atoms with Gasteiger partial charge < -0.3 is 10.2 Å². The lowest BCUT2D eigenvalue weighted by Gasteiger charge is -2.29. The third kappa shape index (κ3) is 6.15. The number of allylic oxidation sites excluding steroid dienone is 2. The number of nitrogens with one attached hydrogen (secondary N) is 1. The molecule has 1 aliphatic rings. The topological polar surface area (TPSA) is 52.7 Å². The molecular formula is C20H28ClN3O2. The minimum atomic E-state index is -0.188. The normalized spacial score (nSPS) is 14.1. The summed E-state index contributed by atoms with van der Waals surface area (Å²) < 4.78 is 0. The van der Waals surface area contributed by atoms with Crippen molar-refractivity contribution < 1.29 is 9.59 Å². The van der Waals surface area contributed by atoms with Crippen LogP contribution in [-0.4, -0.2) is 48.3 Å². The van der Waals surface area contributed by atoms with Crippen LogP contribution >= 0.6 is 11.6 Å². The zero-order valence-corrected chi connectivity index (χ0v) is 16.4. The van der Waals surface area contributed by atoms with Gasteiger partial charge >= 0.3 is 0 Å². The second-order valence-corrected chi connectivity index (χ2v) is 7.09. The van der Waals surface area contributed by atoms with Crippen LogP contribution in [0.25, 0.3) is 0 Å². The number of rotatable bonds is 8. The van der Waals surface area contributed by atoms with Crippen LogP contribution in [0.15, 0.2) is 36.0 Å². The number of anilines is 1. The van der Waals surface area contributed by atoms with E-state index < -0.39 is 0 Å². The van der Waals surface area contributed by atoms with Crippen molar-refractivity contribution >= 4 is 29.1 Å². The monoisotopic (exact) mass is 377 g/mol. The van der Waals surface area contributed by atoms with Crippen LogP contribution < -0.4 is 5.32 Å². The first-order chi connectivity index (χ1) is 12.5. The predicted molar refractivity (Wildman–Crippen MR) is 106 cm³/mol. The van der Waals surface area contributed by atoms with Crippen LogP contribution in [-0.2, 0) is 9.59 Å². The molecule has 26 heavy (non-hydrogen) atoms. The number of nitrogens with zero attached hydrogens (tertiary/aromatic N) is 2. The van der Waals surface area contributed by atoms with E-state index in [4.69, 9.17) is 11.6 Å². The maximum atomic E-state index is 12.7. The van der Waals surface area contributed by atoms with Crippen LogP contribution in [0.1, 0.15) is 39.0 Å². The van der Waals surface area contributed by atoms with Gasteiger partial charge in [0.2, 0.25) is 11.8 Å². The Bertz CT molecular complexity index is 660. The summed E-state index contributed by atoms with van der Waals surface area (Å²) in [6, 6.07) is 7.11. The Kier molecular flexibility index (Phi) is 8.13. The highest BCUT2D eigenvalue weighted by Gasteiger charge is 2.20. The van der Waals surface area contributed by atoms with Gasteiger partial charge in [-0.3, -0.25) is 14.5 Å². The molecule has 1 aliphatic carbocycles. The molecule has 6 heteroatoms. The molecule has 0 saturated carbocycles. The zero-order valence-electron chi connectivity index (χ0n) is 15.6. The van der Waals surface area contributed by atoms with Crippen molar-refractivity contribution in [2.24, 2.45) is 0 Å². The highest BCUT2D eigenvalue weighted by Crippen LogP contribution is 2.22. The average molecular weight is 378 g/mol. The lowest BCUT2D eigenvalue weighted by molar-refractivity contribution is -0.130. The molecule has 2 rings (SSSR count). The van der Waals surface area contributed by atoms with Crippen LogP contribution in [0.2, 0.25) is 5.02 Å². The largest absolute Gasteiger partial charge is 0.324 e. The Hall–Kier alpha value is -1.85. The molecule has 5 nitrogen and oxygen atoms in total. The first kappa shape index (κ1) is 20.5. The highest BCUT2D eigenvalue weighted by atomic mass is 35.5. The van der Waals surface area contributed by atoms with Gasteiger partial charge in [0.05, 0.1) is 23.8 Å². The van der Waals surface area contributed by atoms with Gasteiger partial charge in [-0.05, 0) is 51.3 Å². The number of hydrogen-bond acceptors (Lipinski definition) is 3. The van der Waals surface area contributed by atoms with Gasteiger partial charge in [0, 0.05) is 12.2 Å². The molecule has 0 spiro atoms. The fraction of sp³-hybridized carbons (Fsp3) is 0.500. The quantitative estimate of drug-likeness (QED) is 0.747. The number of carbonyl (C=O) groups excluding carboxylic acids is 2. The Balaban J connectivity index is 1.89. The number of halogens is 1. The Morgan fingerprint density at radius 2 is 1.96 bits per heavy atom. The van der Waals surface area contributed by atoms with E-state index >= 15 is 0 Å². The summed E-state index contributed by atoms with van der Waals surface area (Å²) in [5, 5.41) is 3.28. The second-order valence-electron chi connectivity index (χ2n) is 6.69. The summed E-state index contributed by atoms with van der Waals surface area (Å²) in [6.45, 7) is 3.15. The van der Waals surface area contributed by atoms with Crippen molar-refractivity contribution in [3.05, 3.63) is 41.1 Å². The molecule has 2 amide bonds. The van der Waals surface area contributed by atoms with E-state index in [1.165, 1.54) is 6.42 Å². The molecule has 1 aromatic rings. The number of likely N-dealkylation sites (N-methyl/N-ethyl adjacent to an activating group) is 1. The minimum Gasteiger partial charge on any atom is -0.324 e. The summed E-state index contributed by atoms with van der Waals surface area (Å²) in [7, 11) is 1.78. The molecule has 0 heterocycles. The van der Waals surface area contributed by atoms with Gasteiger partial charge in [-0.15, -0.1) is 0 Å². The van der Waals surface area contributed by atoms with Crippen molar-refractivity contribution in [1.82, 2.24) is 9.80 Å². The first-order valence-corrected chi connectivity index (χ1v) is 9.61. The second kappa shape index (κ2) is 10.3. The average Bonchev–Trinajstić information content (AvgIpc) is 2.62. The fourth-order valence-electron chi connectivity index (χ4n) is 3.09. The van der Waals surface area contributed by atoms with E-state index in [0.29, 0.717) is 10.7 Å². The lowest BCUT2D eigenvalue weighted by atomic mass is 10.0. The van der Waals surface area contributed by atoms with Gasteiger partial charge in [-0.2, -0.15) is 0 Å². The molecule has 0 fully saturated rings. The molecule has 0 aliphatic heterocycles. The Labute approximate surface area is 161 Å². The molecule has 0 bridgehead atoms. The summed E-state index contributed by atoms with van der Waals surface area (Å²) in [5.41, 5.74) is 1.72. The number of amides is 2. The molecule has 0 atom stereocenters. The number of carbonyl (C=O) groups is 2. The van der Waals surface area contributed by atoms with E-state index in [2.05, 4.69) is 18.3 Å². The van der Waals surface area contributed by atoms with E-state index in [0.717, 1.165) is 37.9 Å². The predicted octanol–water partition coefficient (Wildman–Crippen LogP) is 3.91. The zero-order chi connectivity index (χ0) is 18.9. The molecule has 0 saturated heterocycles. The smallest absolute Gasteiger partial charge is 0.240 e. The van der Waals surface area contributed by atoms with E-state index in [1.54, 1.807) is 24.1 Å². The Morgan fingerprint density at radius 3 is 2.62 bits per heavy atom. The Morgan fingerprint density at radius 1 is 1.19 bits per heavy atom. The third-order valence-electron chi connectivity index (χ3n) is 4.33. The lowest BCUT2D eigenvalue weighted by Crippen LogP contribution is -2.41. The SMILES string of the molecule is CCCN(C(=O)CN(C)CC(=O)Nc1ccccc1Cl)C1=CCCCC1. The van der Waals surface area contributed by atoms with Crippen molar-refractivity contribution in [2.45, 2.75) is 39.0 Å². The van der Waals surface area contributed by atoms with Crippen LogP contribution in [0.3, 0.4) is 0 Å². The number of benzene rings is 1. The van der Waals surface area contributed by atoms with E-state index in [1.807, 2.05) is 17.0 Å². The molecule has 0 radical (unpaired) electrons. The maximum absolute atomic E-state index is 12.7. The maximum Gasteiger partial charge on any atom is 0.240 e. The standard InChI is InChI=1S/C20H28ClN3O2/c1-3-13-24(16-9-5-4-6-10-16)20(26)15-23(2)14-19(25)22-18-12-8-7-11-17(18)21/h7-9,11-12H,3-6,10,13-15H2,1-2H3,(H,22,25). The van der Waals surface area contributed by atoms with Gasteiger partial charge in [-0.25, -0.2) is 0 Å². The van der Waals surface area contributed by atoms with Crippen molar-refractivity contribution in [3.8, 4) is 0 Å². The minimum absolute atomic E-state index is 0.0491. The van der Waals surface area contributed by atoms with Crippen LogP contribution in [0.4, 0.5) is 5.69 Å². The number of para-hydroxylation sites is 1. The summed E-state index contributed by atoms with van der Waals surface area (Å²) in [5.74, 6) is -0.139. The molecule has 0 aromatic heterocycles. The summed E-state index contributed by atoms with van der Waals surface area (Å²) in [4.78, 5) is 28.6. The van der Waals surface area contributed by atoms with Gasteiger partial charge in [0.1, 0.15) is 0 Å². The van der Waals surface area contributed by atoms with Crippen molar-refractivity contribution in [3.63, 3.8) is 0 Å². The van der Waals surface area contributed by atoms with Crippen molar-refractivity contribution in [1.29, 1.82) is 0 Å². The molecule has 1 aromatic carbocycles. The molecule has 1 N–H and O–H groups in total. The molecule has 142 valence electrons. The first-order valence-electron chi connectivity index (χ1n) is 9.23. The molecular weight excluding hydrogens is 350 g/mol. The summed E-state index contributed by atoms with van der Waals surface area (Å²) >= 11 is 6.06. The fourth-order valence-corrected chi connectivity index (χ4v) is 3.27. The summed E-state index contributed by atoms with van der Waals surface area (Å²) in [6.07, 6.45) is 7.43. The third-order valence-corrected chi connectivity index (χ3v) is 4.66. The highest BCUT2D eigenvalue weighted by molar-refractivity contribution is 6.33. The van der Waals surface area contributed by atoms with Crippen molar-refractivity contribution in [2.75, 3.05) is 32.0 Å². The van der Waals surface area contributed by atoms with Crippen LogP contribution in [0, 0.1) is 0 Å². The van der Waals surface area contributed by atoms with Gasteiger partial charge in [0.15, 0.2) is 0 Å².